The molecule has 0 atom stereocenters. The van der Waals surface area contributed by atoms with Crippen molar-refractivity contribution in [1.29, 1.82) is 0 Å². The molecule has 102 valence electrons. The molecule has 1 N–H and O–H groups in total. The van der Waals surface area contributed by atoms with Crippen LogP contribution in [0.2, 0.25) is 0 Å². The third kappa shape index (κ3) is 4.44. The highest BCUT2D eigenvalue weighted by Gasteiger charge is 2.09. The zero-order chi connectivity index (χ0) is 12.6. The fourth-order valence-electron chi connectivity index (χ4n) is 2.32. The lowest BCUT2D eigenvalue weighted by atomic mass is 10.1. The molecular weight excluding hydrogens is 228 g/mol. The average molecular weight is 252 g/mol. The van der Waals surface area contributed by atoms with Crippen molar-refractivity contribution >= 4 is 0 Å². The average Bonchev–Trinajstić information content (AvgIpc) is 2.84. The Morgan fingerprint density at radius 3 is 2.78 bits per heavy atom. The number of hydrogen-bond acceptors (Lipinski definition) is 4. The van der Waals surface area contributed by atoms with Gasteiger partial charge in [0.1, 0.15) is 18.1 Å². The molecule has 0 bridgehead atoms. The van der Waals surface area contributed by atoms with E-state index in [2.05, 4.69) is 10.2 Å². The van der Waals surface area contributed by atoms with Gasteiger partial charge in [-0.25, -0.2) is 0 Å². The van der Waals surface area contributed by atoms with E-state index in [4.69, 9.17) is 9.15 Å². The van der Waals surface area contributed by atoms with Gasteiger partial charge in [0, 0.05) is 6.54 Å². The van der Waals surface area contributed by atoms with Crippen LogP contribution < -0.4 is 5.32 Å². The van der Waals surface area contributed by atoms with Crippen molar-refractivity contribution in [3.63, 3.8) is 0 Å². The van der Waals surface area contributed by atoms with Gasteiger partial charge in [-0.05, 0) is 45.1 Å². The van der Waals surface area contributed by atoms with Crippen LogP contribution in [0.4, 0.5) is 0 Å². The number of ether oxygens (including phenoxy) is 1. The van der Waals surface area contributed by atoms with Gasteiger partial charge >= 0.3 is 0 Å². The molecule has 0 spiro atoms. The summed E-state index contributed by atoms with van der Waals surface area (Å²) in [6.07, 6.45) is 4.06. The van der Waals surface area contributed by atoms with Crippen LogP contribution >= 0.6 is 0 Å². The van der Waals surface area contributed by atoms with Gasteiger partial charge in [-0.3, -0.25) is 0 Å². The molecule has 1 saturated heterocycles. The van der Waals surface area contributed by atoms with E-state index in [-0.39, 0.29) is 0 Å². The molecule has 1 aliphatic heterocycles. The van der Waals surface area contributed by atoms with Gasteiger partial charge in [-0.15, -0.1) is 0 Å². The lowest BCUT2D eigenvalue weighted by molar-refractivity contribution is 0.0758. The number of furan rings is 1. The van der Waals surface area contributed by atoms with Crippen molar-refractivity contribution in [3.05, 3.63) is 23.7 Å². The molecule has 0 saturated carbocycles. The molecule has 1 fully saturated rings. The first-order chi connectivity index (χ1) is 8.88. The number of hydrogen-bond donors (Lipinski definition) is 1. The van der Waals surface area contributed by atoms with Gasteiger partial charge in [0.15, 0.2) is 0 Å². The third-order valence-electron chi connectivity index (χ3n) is 3.31. The van der Waals surface area contributed by atoms with Crippen LogP contribution in [-0.4, -0.2) is 38.2 Å². The molecule has 2 heterocycles. The van der Waals surface area contributed by atoms with Crippen molar-refractivity contribution in [2.75, 3.05) is 33.3 Å². The number of piperidine rings is 1. The maximum absolute atomic E-state index is 5.66. The third-order valence-corrected chi connectivity index (χ3v) is 3.31. The Bertz CT molecular complexity index is 332. The number of nitrogens with one attached hydrogen (secondary N) is 1. The first-order valence-electron chi connectivity index (χ1n) is 6.91. The molecule has 18 heavy (non-hydrogen) atoms. The summed E-state index contributed by atoms with van der Waals surface area (Å²) < 4.78 is 11.3. The van der Waals surface area contributed by atoms with Crippen LogP contribution in [0.25, 0.3) is 0 Å². The van der Waals surface area contributed by atoms with E-state index in [0.717, 1.165) is 31.2 Å². The Hall–Kier alpha value is -0.840. The first-order valence-corrected chi connectivity index (χ1v) is 6.91. The second-order valence-electron chi connectivity index (χ2n) is 4.85. The van der Waals surface area contributed by atoms with Gasteiger partial charge in [0.25, 0.3) is 0 Å². The van der Waals surface area contributed by atoms with E-state index in [0.29, 0.717) is 6.61 Å². The van der Waals surface area contributed by atoms with Crippen molar-refractivity contribution in [1.82, 2.24) is 10.2 Å². The van der Waals surface area contributed by atoms with Crippen molar-refractivity contribution < 1.29 is 9.15 Å². The van der Waals surface area contributed by atoms with Gasteiger partial charge in [-0.2, -0.15) is 0 Å². The summed E-state index contributed by atoms with van der Waals surface area (Å²) in [5.41, 5.74) is 0. The zero-order valence-corrected chi connectivity index (χ0v) is 11.3. The van der Waals surface area contributed by atoms with E-state index in [1.165, 1.54) is 32.4 Å². The molecular formula is C14H24N2O2. The minimum atomic E-state index is 0.581. The van der Waals surface area contributed by atoms with E-state index in [1.54, 1.807) is 0 Å². The maximum atomic E-state index is 5.66. The smallest absolute Gasteiger partial charge is 0.129 e. The molecule has 1 aromatic heterocycles. The van der Waals surface area contributed by atoms with Crippen LogP contribution in [-0.2, 0) is 17.9 Å². The van der Waals surface area contributed by atoms with Crippen LogP contribution in [0, 0.1) is 0 Å². The number of nitrogens with zero attached hydrogens (tertiary/aromatic N) is 1. The quantitative estimate of drug-likeness (QED) is 0.753. The monoisotopic (exact) mass is 252 g/mol. The molecule has 0 unspecified atom stereocenters. The summed E-state index contributed by atoms with van der Waals surface area (Å²) in [6, 6.07) is 3.99. The predicted octanol–water partition coefficient (Wildman–Crippen LogP) is 2.00. The molecule has 0 amide bonds. The summed E-state index contributed by atoms with van der Waals surface area (Å²) in [7, 11) is 1.91. The number of rotatable bonds is 7. The summed E-state index contributed by atoms with van der Waals surface area (Å²) in [5, 5.41) is 3.07. The van der Waals surface area contributed by atoms with Gasteiger partial charge in [0.2, 0.25) is 0 Å². The van der Waals surface area contributed by atoms with Crippen molar-refractivity contribution in [2.24, 2.45) is 0 Å². The van der Waals surface area contributed by atoms with Crippen molar-refractivity contribution in [2.45, 2.75) is 32.4 Å². The minimum Gasteiger partial charge on any atom is -0.462 e. The Morgan fingerprint density at radius 1 is 1.22 bits per heavy atom. The Morgan fingerprint density at radius 2 is 2.00 bits per heavy atom. The lowest BCUT2D eigenvalue weighted by Crippen LogP contribution is -2.32. The van der Waals surface area contributed by atoms with Crippen LogP contribution in [0.3, 0.4) is 0 Å². The number of likely N-dealkylation sites (tertiary alicyclic amines) is 1. The lowest BCUT2D eigenvalue weighted by Gasteiger charge is -2.25. The molecule has 1 aliphatic rings. The van der Waals surface area contributed by atoms with Crippen LogP contribution in [0.1, 0.15) is 30.8 Å². The molecule has 4 nitrogen and oxygen atoms in total. The van der Waals surface area contributed by atoms with Crippen molar-refractivity contribution in [3.8, 4) is 0 Å². The molecule has 1 aromatic rings. The zero-order valence-electron chi connectivity index (χ0n) is 11.3. The van der Waals surface area contributed by atoms with E-state index in [1.807, 2.05) is 19.2 Å². The predicted molar refractivity (Wildman–Crippen MR) is 71.4 cm³/mol. The molecule has 0 radical (unpaired) electrons. The van der Waals surface area contributed by atoms with Crippen LogP contribution in [0.15, 0.2) is 16.5 Å². The van der Waals surface area contributed by atoms with E-state index >= 15 is 0 Å². The second-order valence-corrected chi connectivity index (χ2v) is 4.85. The molecule has 0 aliphatic carbocycles. The van der Waals surface area contributed by atoms with E-state index in [9.17, 15) is 0 Å². The minimum absolute atomic E-state index is 0.581. The van der Waals surface area contributed by atoms with E-state index < -0.39 is 0 Å². The summed E-state index contributed by atoms with van der Waals surface area (Å²) in [6.45, 7) is 5.66. The summed E-state index contributed by atoms with van der Waals surface area (Å²) in [5.74, 6) is 1.88. The highest BCUT2D eigenvalue weighted by atomic mass is 16.5. The second kappa shape index (κ2) is 7.56. The topological polar surface area (TPSA) is 37.6 Å². The highest BCUT2D eigenvalue weighted by Crippen LogP contribution is 2.10. The van der Waals surface area contributed by atoms with Gasteiger partial charge < -0.3 is 19.4 Å². The largest absolute Gasteiger partial charge is 0.462 e. The fraction of sp³-hybridized carbons (Fsp3) is 0.714. The standard InChI is InChI=1S/C14H24N2O2/c1-15-11-13-5-6-14(18-13)12-17-10-9-16-7-3-2-4-8-16/h5-6,15H,2-4,7-12H2,1H3. The molecule has 4 heteroatoms. The first kappa shape index (κ1) is 13.6. The maximum Gasteiger partial charge on any atom is 0.129 e. The summed E-state index contributed by atoms with van der Waals surface area (Å²) in [4.78, 5) is 2.48. The Kier molecular flexibility index (Phi) is 5.71. The van der Waals surface area contributed by atoms with Gasteiger partial charge in [-0.1, -0.05) is 6.42 Å². The normalized spacial score (nSPS) is 17.2. The molecule has 2 rings (SSSR count). The summed E-state index contributed by atoms with van der Waals surface area (Å²) >= 11 is 0. The highest BCUT2D eigenvalue weighted by molar-refractivity contribution is 5.06. The Labute approximate surface area is 109 Å². The fourth-order valence-corrected chi connectivity index (χ4v) is 2.32. The molecule has 0 aromatic carbocycles. The van der Waals surface area contributed by atoms with Gasteiger partial charge in [0.05, 0.1) is 13.2 Å². The van der Waals surface area contributed by atoms with Crippen LogP contribution in [0.5, 0.6) is 0 Å². The SMILES string of the molecule is CNCc1ccc(COCCN2CCCCC2)o1. The Balaban J connectivity index is 1.59.